The molecule has 1 N–H and O–H groups in total. The smallest absolute Gasteiger partial charge is 0.151 e. The Morgan fingerprint density at radius 1 is 1.22 bits per heavy atom. The first kappa shape index (κ1) is 14.9. The molecule has 2 saturated heterocycles. The van der Waals surface area contributed by atoms with Crippen molar-refractivity contribution in [3.05, 3.63) is 24.4 Å². The van der Waals surface area contributed by atoms with Gasteiger partial charge in [0.2, 0.25) is 0 Å². The summed E-state index contributed by atoms with van der Waals surface area (Å²) in [5, 5.41) is 8.00. The van der Waals surface area contributed by atoms with Gasteiger partial charge in [0.15, 0.2) is 6.10 Å². The van der Waals surface area contributed by atoms with Gasteiger partial charge in [-0.1, -0.05) is 13.3 Å². The summed E-state index contributed by atoms with van der Waals surface area (Å²) in [7, 11) is 0. The van der Waals surface area contributed by atoms with Crippen LogP contribution >= 0.6 is 0 Å². The minimum absolute atomic E-state index is 0.0190. The highest BCUT2D eigenvalue weighted by Crippen LogP contribution is 2.32. The number of fused-ring (bicyclic) bond motifs is 2. The van der Waals surface area contributed by atoms with E-state index >= 15 is 0 Å². The number of nitrogens with one attached hydrogen (secondary N) is 1. The van der Waals surface area contributed by atoms with Crippen molar-refractivity contribution >= 4 is 10.9 Å². The lowest BCUT2D eigenvalue weighted by Gasteiger charge is -2.18. The highest BCUT2D eigenvalue weighted by atomic mass is 16.6. The van der Waals surface area contributed by atoms with Crippen molar-refractivity contribution in [2.45, 2.75) is 44.2 Å². The number of ether oxygens (including phenoxy) is 4. The van der Waals surface area contributed by atoms with Crippen LogP contribution in [0.3, 0.4) is 0 Å². The molecule has 0 aliphatic carbocycles. The van der Waals surface area contributed by atoms with Crippen LogP contribution in [0, 0.1) is 0 Å². The molecule has 0 unspecified atom stereocenters. The normalized spacial score (nSPS) is 30.0. The summed E-state index contributed by atoms with van der Waals surface area (Å²) in [5.74, 6) is 0.812. The Kier molecular flexibility index (Phi) is 4.20. The fraction of sp³-hybridized carbons (Fsp3) is 0.588. The van der Waals surface area contributed by atoms with Gasteiger partial charge in [-0.2, -0.15) is 5.10 Å². The van der Waals surface area contributed by atoms with Crippen LogP contribution in [0.25, 0.3) is 10.9 Å². The van der Waals surface area contributed by atoms with Crippen LogP contribution in [0.4, 0.5) is 0 Å². The third-order valence-electron chi connectivity index (χ3n) is 4.49. The zero-order valence-corrected chi connectivity index (χ0v) is 13.2. The van der Waals surface area contributed by atoms with E-state index in [4.69, 9.17) is 18.9 Å². The second-order valence-electron chi connectivity index (χ2n) is 6.13. The number of benzene rings is 1. The van der Waals surface area contributed by atoms with Crippen LogP contribution in [-0.4, -0.2) is 54.4 Å². The molecular formula is C17H22N2O4. The Labute approximate surface area is 135 Å². The largest absolute Gasteiger partial charge is 0.485 e. The second-order valence-corrected chi connectivity index (χ2v) is 6.13. The van der Waals surface area contributed by atoms with Crippen molar-refractivity contribution in [2.24, 2.45) is 0 Å². The summed E-state index contributed by atoms with van der Waals surface area (Å²) in [6.07, 6.45) is 3.85. The number of hydrogen-bond donors (Lipinski definition) is 1. The molecule has 0 amide bonds. The van der Waals surface area contributed by atoms with Crippen LogP contribution < -0.4 is 4.74 Å². The van der Waals surface area contributed by atoms with Crippen LogP contribution in [0.15, 0.2) is 24.4 Å². The minimum atomic E-state index is -0.0934. The predicted octanol–water partition coefficient (Wildman–Crippen LogP) is 2.29. The van der Waals surface area contributed by atoms with Gasteiger partial charge < -0.3 is 18.9 Å². The van der Waals surface area contributed by atoms with Crippen molar-refractivity contribution in [1.82, 2.24) is 10.2 Å². The lowest BCUT2D eigenvalue weighted by Crippen LogP contribution is -2.35. The van der Waals surface area contributed by atoms with Gasteiger partial charge in [0.05, 0.1) is 24.9 Å². The van der Waals surface area contributed by atoms with E-state index in [1.807, 2.05) is 18.2 Å². The third-order valence-corrected chi connectivity index (χ3v) is 4.49. The van der Waals surface area contributed by atoms with Gasteiger partial charge in [-0.3, -0.25) is 5.10 Å². The Balaban J connectivity index is 1.39. The molecule has 4 atom stereocenters. The molecular weight excluding hydrogens is 296 g/mol. The zero-order valence-electron chi connectivity index (χ0n) is 13.2. The molecule has 2 aliphatic heterocycles. The SMILES string of the molecule is CCCCO[C@@H]1CO[C@H]2[C@@H]1OC[C@H]2Oc1ccc2[nH]ncc2c1. The van der Waals surface area contributed by atoms with E-state index in [-0.39, 0.29) is 24.4 Å². The monoisotopic (exact) mass is 318 g/mol. The molecule has 1 aromatic carbocycles. The second kappa shape index (κ2) is 6.47. The fourth-order valence-corrected chi connectivity index (χ4v) is 3.22. The van der Waals surface area contributed by atoms with Crippen molar-refractivity contribution < 1.29 is 18.9 Å². The molecule has 3 heterocycles. The highest BCUT2D eigenvalue weighted by molar-refractivity contribution is 5.79. The Morgan fingerprint density at radius 3 is 2.91 bits per heavy atom. The van der Waals surface area contributed by atoms with Gasteiger partial charge in [-0.25, -0.2) is 0 Å². The first-order valence-corrected chi connectivity index (χ1v) is 8.30. The van der Waals surface area contributed by atoms with Gasteiger partial charge in [0, 0.05) is 12.0 Å². The minimum Gasteiger partial charge on any atom is -0.485 e. The fourth-order valence-electron chi connectivity index (χ4n) is 3.22. The molecule has 124 valence electrons. The maximum absolute atomic E-state index is 6.09. The number of hydrogen-bond acceptors (Lipinski definition) is 5. The number of aromatic nitrogens is 2. The molecule has 0 bridgehead atoms. The number of rotatable bonds is 6. The van der Waals surface area contributed by atoms with Crippen LogP contribution in [0.2, 0.25) is 0 Å². The number of H-pyrrole nitrogens is 1. The maximum Gasteiger partial charge on any atom is 0.151 e. The summed E-state index contributed by atoms with van der Waals surface area (Å²) < 4.78 is 23.7. The molecule has 2 aromatic rings. The molecule has 23 heavy (non-hydrogen) atoms. The predicted molar refractivity (Wildman–Crippen MR) is 84.6 cm³/mol. The molecule has 1 aromatic heterocycles. The zero-order chi connectivity index (χ0) is 15.6. The molecule has 6 nitrogen and oxygen atoms in total. The molecule has 0 saturated carbocycles. The van der Waals surface area contributed by atoms with Crippen molar-refractivity contribution in [3.63, 3.8) is 0 Å². The number of nitrogens with zero attached hydrogens (tertiary/aromatic N) is 1. The highest BCUT2D eigenvalue weighted by Gasteiger charge is 2.49. The lowest BCUT2D eigenvalue weighted by atomic mass is 10.1. The quantitative estimate of drug-likeness (QED) is 0.828. The van der Waals surface area contributed by atoms with Crippen LogP contribution in [-0.2, 0) is 14.2 Å². The van der Waals surface area contributed by atoms with Gasteiger partial charge in [-0.15, -0.1) is 0 Å². The molecule has 0 radical (unpaired) electrons. The first-order chi connectivity index (χ1) is 11.3. The first-order valence-electron chi connectivity index (χ1n) is 8.30. The summed E-state index contributed by atoms with van der Waals surface area (Å²) in [6, 6.07) is 5.89. The third kappa shape index (κ3) is 2.94. The average Bonchev–Trinajstić information content (AvgIpc) is 3.26. The van der Waals surface area contributed by atoms with E-state index in [9.17, 15) is 0 Å². The topological polar surface area (TPSA) is 65.6 Å². The molecule has 6 heteroatoms. The van der Waals surface area contributed by atoms with Crippen LogP contribution in [0.5, 0.6) is 5.75 Å². The van der Waals surface area contributed by atoms with E-state index in [1.165, 1.54) is 0 Å². The van der Waals surface area contributed by atoms with Crippen molar-refractivity contribution in [3.8, 4) is 5.75 Å². The Morgan fingerprint density at radius 2 is 2.04 bits per heavy atom. The van der Waals surface area contributed by atoms with E-state index < -0.39 is 0 Å². The summed E-state index contributed by atoms with van der Waals surface area (Å²) >= 11 is 0. The summed E-state index contributed by atoms with van der Waals surface area (Å²) in [4.78, 5) is 0. The summed E-state index contributed by atoms with van der Waals surface area (Å²) in [5.41, 5.74) is 0.999. The van der Waals surface area contributed by atoms with E-state index in [0.717, 1.165) is 36.1 Å². The van der Waals surface area contributed by atoms with E-state index in [0.29, 0.717) is 13.2 Å². The van der Waals surface area contributed by atoms with Gasteiger partial charge in [0.25, 0.3) is 0 Å². The number of unbranched alkanes of at least 4 members (excludes halogenated alkanes) is 1. The van der Waals surface area contributed by atoms with Crippen LogP contribution in [0.1, 0.15) is 19.8 Å². The maximum atomic E-state index is 6.09. The van der Waals surface area contributed by atoms with Gasteiger partial charge >= 0.3 is 0 Å². The van der Waals surface area contributed by atoms with E-state index in [2.05, 4.69) is 17.1 Å². The average molecular weight is 318 g/mol. The molecule has 0 spiro atoms. The van der Waals surface area contributed by atoms with E-state index in [1.54, 1.807) is 6.20 Å². The Bertz CT molecular complexity index is 659. The molecule has 2 aliphatic rings. The standard InChI is InChI=1S/C17H22N2O4/c1-2-3-6-20-14-9-21-17-15(10-22-16(14)17)23-12-4-5-13-11(7-12)8-18-19-13/h4-5,7-8,14-17H,2-3,6,9-10H2,1H3,(H,18,19)/t14-,15-,16-,17-/m1/s1. The van der Waals surface area contributed by atoms with Gasteiger partial charge in [0.1, 0.15) is 24.1 Å². The summed E-state index contributed by atoms with van der Waals surface area (Å²) in [6.45, 7) is 4.04. The van der Waals surface area contributed by atoms with Crippen molar-refractivity contribution in [1.29, 1.82) is 0 Å². The number of aromatic amines is 1. The van der Waals surface area contributed by atoms with Gasteiger partial charge in [-0.05, 0) is 24.6 Å². The molecule has 2 fully saturated rings. The Hall–Kier alpha value is -1.63. The van der Waals surface area contributed by atoms with Crippen molar-refractivity contribution in [2.75, 3.05) is 19.8 Å². The lowest BCUT2D eigenvalue weighted by molar-refractivity contribution is -0.0359. The molecule has 4 rings (SSSR count).